The maximum absolute atomic E-state index is 10.6. The minimum atomic E-state index is -1.22. The van der Waals surface area contributed by atoms with Crippen LogP contribution in [0.2, 0.25) is 6.32 Å². The normalized spacial score (nSPS) is 9.58. The quantitative estimate of drug-likeness (QED) is 0.342. The Morgan fingerprint density at radius 1 is 1.33 bits per heavy atom. The molecule has 0 spiro atoms. The van der Waals surface area contributed by atoms with Crippen LogP contribution in [-0.4, -0.2) is 30.2 Å². The minimum Gasteiger partial charge on any atom is -0.469 e. The van der Waals surface area contributed by atoms with Crippen molar-refractivity contribution in [2.45, 2.75) is 32.0 Å². The molecule has 0 bridgehead atoms. The molecule has 0 fully saturated rings. The Labute approximate surface area is 72.7 Å². The van der Waals surface area contributed by atoms with Gasteiger partial charge in [-0.1, -0.05) is 12.8 Å². The molecule has 4 nitrogen and oxygen atoms in total. The highest BCUT2D eigenvalue weighted by molar-refractivity contribution is 6.40. The van der Waals surface area contributed by atoms with E-state index in [4.69, 9.17) is 10.0 Å². The number of rotatable bonds is 6. The zero-order valence-corrected chi connectivity index (χ0v) is 7.32. The van der Waals surface area contributed by atoms with Crippen molar-refractivity contribution < 1.29 is 19.6 Å². The first-order valence-electron chi connectivity index (χ1n) is 4.09. The maximum Gasteiger partial charge on any atom is 0.451 e. The summed E-state index contributed by atoms with van der Waals surface area (Å²) in [4.78, 5) is 10.6. The first-order valence-corrected chi connectivity index (χ1v) is 4.09. The van der Waals surface area contributed by atoms with E-state index in [-0.39, 0.29) is 5.97 Å². The highest BCUT2D eigenvalue weighted by Gasteiger charge is 2.05. The van der Waals surface area contributed by atoms with E-state index in [1.165, 1.54) is 7.11 Å². The molecule has 70 valence electrons. The highest BCUT2D eigenvalue weighted by atomic mass is 16.5. The molecule has 0 aromatic heterocycles. The monoisotopic (exact) mass is 174 g/mol. The third-order valence-corrected chi connectivity index (χ3v) is 1.57. The van der Waals surface area contributed by atoms with E-state index >= 15 is 0 Å². The molecule has 5 heteroatoms. The summed E-state index contributed by atoms with van der Waals surface area (Å²) >= 11 is 0. The lowest BCUT2D eigenvalue weighted by Gasteiger charge is -1.99. The molecule has 0 aromatic rings. The number of carbonyl (C=O) groups is 1. The van der Waals surface area contributed by atoms with Gasteiger partial charge in [0.1, 0.15) is 0 Å². The van der Waals surface area contributed by atoms with Crippen LogP contribution in [0.25, 0.3) is 0 Å². The predicted octanol–water partition coefficient (Wildman–Crippen LogP) is 0.193. The van der Waals surface area contributed by atoms with Crippen LogP contribution in [-0.2, 0) is 9.53 Å². The number of hydrogen-bond donors (Lipinski definition) is 2. The Hall–Kier alpha value is -0.545. The molecule has 0 amide bonds. The Balaban J connectivity index is 3.05. The fourth-order valence-electron chi connectivity index (χ4n) is 0.875. The first-order chi connectivity index (χ1) is 5.66. The standard InChI is InChI=1S/C7H15BO4/c1-12-7(9)5-3-2-4-6-8(10)11/h10-11H,2-6H2,1H3. The third-order valence-electron chi connectivity index (χ3n) is 1.57. The average Bonchev–Trinajstić information content (AvgIpc) is 2.03. The summed E-state index contributed by atoms with van der Waals surface area (Å²) in [6.07, 6.45) is 3.10. The van der Waals surface area contributed by atoms with Crippen LogP contribution in [0, 0.1) is 0 Å². The molecule has 0 saturated carbocycles. The largest absolute Gasteiger partial charge is 0.469 e. The molecule has 12 heavy (non-hydrogen) atoms. The van der Waals surface area contributed by atoms with Crippen LogP contribution in [0.1, 0.15) is 25.7 Å². The molecule has 0 atom stereocenters. The fraction of sp³-hybridized carbons (Fsp3) is 0.857. The van der Waals surface area contributed by atoms with E-state index in [0.717, 1.165) is 19.3 Å². The minimum absolute atomic E-state index is 0.209. The summed E-state index contributed by atoms with van der Waals surface area (Å²) < 4.78 is 4.44. The summed E-state index contributed by atoms with van der Waals surface area (Å²) in [5.74, 6) is -0.209. The van der Waals surface area contributed by atoms with Gasteiger partial charge in [0.15, 0.2) is 0 Å². The Kier molecular flexibility index (Phi) is 6.80. The van der Waals surface area contributed by atoms with Crippen LogP contribution >= 0.6 is 0 Å². The molecule has 2 N–H and O–H groups in total. The zero-order valence-electron chi connectivity index (χ0n) is 7.32. The summed E-state index contributed by atoms with van der Waals surface area (Å²) in [6.45, 7) is 0. The second-order valence-electron chi connectivity index (χ2n) is 2.66. The SMILES string of the molecule is COC(=O)CCCCCB(O)O. The van der Waals surface area contributed by atoms with Crippen molar-refractivity contribution in [3.05, 3.63) is 0 Å². The molecule has 0 aliphatic rings. The number of ether oxygens (including phenoxy) is 1. The van der Waals surface area contributed by atoms with Gasteiger partial charge >= 0.3 is 13.1 Å². The van der Waals surface area contributed by atoms with Crippen molar-refractivity contribution >= 4 is 13.1 Å². The lowest BCUT2D eigenvalue weighted by molar-refractivity contribution is -0.140. The van der Waals surface area contributed by atoms with Crippen LogP contribution in [0.3, 0.4) is 0 Å². The second kappa shape index (κ2) is 7.12. The Morgan fingerprint density at radius 2 is 2.00 bits per heavy atom. The Morgan fingerprint density at radius 3 is 2.50 bits per heavy atom. The summed E-state index contributed by atoms with van der Waals surface area (Å²) in [6, 6.07) is 0. The lowest BCUT2D eigenvalue weighted by atomic mass is 9.83. The molecule has 0 aromatic carbocycles. The number of esters is 1. The molecule has 0 saturated heterocycles. The van der Waals surface area contributed by atoms with Gasteiger partial charge < -0.3 is 14.8 Å². The van der Waals surface area contributed by atoms with Crippen LogP contribution in [0.4, 0.5) is 0 Å². The van der Waals surface area contributed by atoms with Crippen molar-refractivity contribution in [1.82, 2.24) is 0 Å². The first kappa shape index (κ1) is 11.5. The predicted molar refractivity (Wildman–Crippen MR) is 45.5 cm³/mol. The molecule has 0 radical (unpaired) electrons. The molecule has 0 heterocycles. The second-order valence-corrected chi connectivity index (χ2v) is 2.66. The molecule has 0 aliphatic carbocycles. The van der Waals surface area contributed by atoms with Crippen molar-refractivity contribution in [3.8, 4) is 0 Å². The highest BCUT2D eigenvalue weighted by Crippen LogP contribution is 2.04. The molecule has 0 aliphatic heterocycles. The van der Waals surface area contributed by atoms with E-state index in [0.29, 0.717) is 12.7 Å². The van der Waals surface area contributed by atoms with Gasteiger partial charge in [0.05, 0.1) is 7.11 Å². The van der Waals surface area contributed by atoms with Gasteiger partial charge in [-0.3, -0.25) is 4.79 Å². The smallest absolute Gasteiger partial charge is 0.451 e. The Bertz CT molecular complexity index is 127. The van der Waals surface area contributed by atoms with Gasteiger partial charge in [-0.25, -0.2) is 0 Å². The summed E-state index contributed by atoms with van der Waals surface area (Å²) in [7, 11) is 0.142. The van der Waals surface area contributed by atoms with E-state index in [1.807, 2.05) is 0 Å². The number of hydrogen-bond acceptors (Lipinski definition) is 4. The molecule has 0 unspecified atom stereocenters. The topological polar surface area (TPSA) is 66.8 Å². The summed E-state index contributed by atoms with van der Waals surface area (Å²) in [5, 5.41) is 16.9. The molecular weight excluding hydrogens is 159 g/mol. The molecular formula is C7H15BO4. The summed E-state index contributed by atoms with van der Waals surface area (Å²) in [5.41, 5.74) is 0. The van der Waals surface area contributed by atoms with Gasteiger partial charge in [-0.2, -0.15) is 0 Å². The van der Waals surface area contributed by atoms with Gasteiger partial charge in [0.25, 0.3) is 0 Å². The third kappa shape index (κ3) is 7.56. The van der Waals surface area contributed by atoms with Crippen LogP contribution in [0.5, 0.6) is 0 Å². The van der Waals surface area contributed by atoms with Gasteiger partial charge in [-0.05, 0) is 12.7 Å². The van der Waals surface area contributed by atoms with E-state index in [1.54, 1.807) is 0 Å². The van der Waals surface area contributed by atoms with E-state index < -0.39 is 7.12 Å². The number of unbranched alkanes of at least 4 members (excludes halogenated alkanes) is 2. The maximum atomic E-state index is 10.6. The van der Waals surface area contributed by atoms with E-state index in [9.17, 15) is 4.79 Å². The van der Waals surface area contributed by atoms with Gasteiger partial charge in [0, 0.05) is 6.42 Å². The zero-order chi connectivity index (χ0) is 9.40. The lowest BCUT2D eigenvalue weighted by Crippen LogP contribution is -2.09. The van der Waals surface area contributed by atoms with Gasteiger partial charge in [0.2, 0.25) is 0 Å². The van der Waals surface area contributed by atoms with Crippen molar-refractivity contribution in [1.29, 1.82) is 0 Å². The van der Waals surface area contributed by atoms with Crippen molar-refractivity contribution in [3.63, 3.8) is 0 Å². The van der Waals surface area contributed by atoms with E-state index in [2.05, 4.69) is 4.74 Å². The van der Waals surface area contributed by atoms with Gasteiger partial charge in [-0.15, -0.1) is 0 Å². The van der Waals surface area contributed by atoms with Crippen molar-refractivity contribution in [2.75, 3.05) is 7.11 Å². The van der Waals surface area contributed by atoms with Crippen LogP contribution in [0.15, 0.2) is 0 Å². The molecule has 0 rings (SSSR count). The number of carbonyl (C=O) groups excluding carboxylic acids is 1. The van der Waals surface area contributed by atoms with Crippen LogP contribution < -0.4 is 0 Å². The number of methoxy groups -OCH3 is 1. The van der Waals surface area contributed by atoms with Crippen molar-refractivity contribution in [2.24, 2.45) is 0 Å². The fourth-order valence-corrected chi connectivity index (χ4v) is 0.875. The average molecular weight is 174 g/mol.